The number of halogens is 4. The monoisotopic (exact) mass is 547 g/mol. The molecule has 1 atom stereocenters. The number of nitrogens with one attached hydrogen (secondary N) is 1. The summed E-state index contributed by atoms with van der Waals surface area (Å²) in [6, 6.07) is 9.99. The lowest BCUT2D eigenvalue weighted by molar-refractivity contribution is -0.139. The van der Waals surface area contributed by atoms with Crippen molar-refractivity contribution in [2.24, 2.45) is 0 Å². The smallest absolute Gasteiger partial charge is 0.354 e. The summed E-state index contributed by atoms with van der Waals surface area (Å²) < 4.78 is 65.5. The standard InChI is InChI=1S/C24H29ClF3N3O4S/c1-4-5-13-29-23(33)17(2)30(15-18-9-7-6-8-10-18)22(32)16-31(36(3,34)35)21-14-19(24(26,27)28)11-12-20(21)25/h6-12,14,17H,4-5,13,15-16H2,1-3H3,(H,29,33). The topological polar surface area (TPSA) is 86.8 Å². The van der Waals surface area contributed by atoms with Crippen molar-refractivity contribution in [1.29, 1.82) is 0 Å². The van der Waals surface area contributed by atoms with Crippen LogP contribution in [0.15, 0.2) is 48.5 Å². The van der Waals surface area contributed by atoms with E-state index in [1.54, 1.807) is 30.3 Å². The second-order valence-electron chi connectivity index (χ2n) is 8.26. The van der Waals surface area contributed by atoms with Crippen molar-refractivity contribution in [3.63, 3.8) is 0 Å². The van der Waals surface area contributed by atoms with Gasteiger partial charge >= 0.3 is 6.18 Å². The molecule has 0 aromatic heterocycles. The summed E-state index contributed by atoms with van der Waals surface area (Å²) in [5, 5.41) is 2.47. The Morgan fingerprint density at radius 1 is 1.11 bits per heavy atom. The molecule has 0 saturated carbocycles. The summed E-state index contributed by atoms with van der Waals surface area (Å²) in [5.41, 5.74) is -0.920. The fourth-order valence-corrected chi connectivity index (χ4v) is 4.50. The van der Waals surface area contributed by atoms with Crippen LogP contribution >= 0.6 is 11.6 Å². The maximum Gasteiger partial charge on any atom is 0.416 e. The van der Waals surface area contributed by atoms with E-state index in [-0.39, 0.29) is 11.6 Å². The van der Waals surface area contributed by atoms with Gasteiger partial charge in [0.1, 0.15) is 12.6 Å². The molecule has 0 aliphatic rings. The van der Waals surface area contributed by atoms with Gasteiger partial charge in [-0.1, -0.05) is 55.3 Å². The summed E-state index contributed by atoms with van der Waals surface area (Å²) in [6.07, 6.45) is -2.40. The van der Waals surface area contributed by atoms with Gasteiger partial charge in [0.2, 0.25) is 21.8 Å². The fraction of sp³-hybridized carbons (Fsp3) is 0.417. The molecule has 0 fully saturated rings. The van der Waals surface area contributed by atoms with Gasteiger partial charge < -0.3 is 10.2 Å². The molecule has 0 saturated heterocycles. The minimum Gasteiger partial charge on any atom is -0.354 e. The van der Waals surface area contributed by atoms with Gasteiger partial charge in [-0.15, -0.1) is 0 Å². The normalized spacial score (nSPS) is 12.6. The Balaban J connectivity index is 2.44. The zero-order chi connectivity index (χ0) is 27.1. The predicted octanol–water partition coefficient (Wildman–Crippen LogP) is 4.46. The Labute approximate surface area is 214 Å². The largest absolute Gasteiger partial charge is 0.416 e. The molecule has 198 valence electrons. The Morgan fingerprint density at radius 2 is 1.75 bits per heavy atom. The number of carbonyl (C=O) groups is 2. The maximum atomic E-state index is 13.4. The Morgan fingerprint density at radius 3 is 2.31 bits per heavy atom. The molecule has 2 amide bonds. The first kappa shape index (κ1) is 29.4. The number of unbranched alkanes of at least 4 members (excludes halogenated alkanes) is 1. The highest BCUT2D eigenvalue weighted by Gasteiger charge is 2.34. The minimum absolute atomic E-state index is 0.0179. The first-order valence-electron chi connectivity index (χ1n) is 11.2. The highest BCUT2D eigenvalue weighted by molar-refractivity contribution is 7.92. The maximum absolute atomic E-state index is 13.4. The second-order valence-corrected chi connectivity index (χ2v) is 10.6. The van der Waals surface area contributed by atoms with Crippen molar-refractivity contribution in [3.05, 3.63) is 64.7 Å². The quantitative estimate of drug-likeness (QED) is 0.421. The number of carbonyl (C=O) groups excluding carboxylic acids is 2. The van der Waals surface area contributed by atoms with Gasteiger partial charge in [0.15, 0.2) is 0 Å². The number of rotatable bonds is 11. The van der Waals surface area contributed by atoms with Crippen LogP contribution in [0.3, 0.4) is 0 Å². The first-order valence-corrected chi connectivity index (χ1v) is 13.4. The molecule has 7 nitrogen and oxygen atoms in total. The molecule has 1 unspecified atom stereocenters. The van der Waals surface area contributed by atoms with Crippen LogP contribution in [0.25, 0.3) is 0 Å². The lowest BCUT2D eigenvalue weighted by atomic mass is 10.1. The van der Waals surface area contributed by atoms with Crippen LogP contribution < -0.4 is 9.62 Å². The van der Waals surface area contributed by atoms with E-state index in [1.165, 1.54) is 11.8 Å². The summed E-state index contributed by atoms with van der Waals surface area (Å²) >= 11 is 6.06. The Hall–Kier alpha value is -2.79. The van der Waals surface area contributed by atoms with Crippen molar-refractivity contribution in [3.8, 4) is 0 Å². The van der Waals surface area contributed by atoms with Crippen LogP contribution in [0, 0.1) is 0 Å². The molecule has 36 heavy (non-hydrogen) atoms. The first-order chi connectivity index (χ1) is 16.8. The van der Waals surface area contributed by atoms with Gasteiger partial charge in [-0.05, 0) is 37.1 Å². The number of sulfonamides is 1. The molecule has 0 aliphatic carbocycles. The highest BCUT2D eigenvalue weighted by Crippen LogP contribution is 2.36. The van der Waals surface area contributed by atoms with Gasteiger partial charge in [0.05, 0.1) is 22.5 Å². The molecule has 2 rings (SSSR count). The molecule has 1 N–H and O–H groups in total. The zero-order valence-corrected chi connectivity index (χ0v) is 21.8. The van der Waals surface area contributed by atoms with Crippen molar-refractivity contribution < 1.29 is 31.2 Å². The Bertz CT molecular complexity index is 1160. The number of benzene rings is 2. The highest BCUT2D eigenvalue weighted by atomic mass is 35.5. The Kier molecular flexibility index (Phi) is 10.2. The van der Waals surface area contributed by atoms with E-state index in [0.29, 0.717) is 22.5 Å². The SMILES string of the molecule is CCCCNC(=O)C(C)N(Cc1ccccc1)C(=O)CN(c1cc(C(F)(F)F)ccc1Cl)S(C)(=O)=O. The fourth-order valence-electron chi connectivity index (χ4n) is 3.37. The average molecular weight is 548 g/mol. The van der Waals surface area contributed by atoms with Gasteiger partial charge in [0.25, 0.3) is 0 Å². The number of alkyl halides is 3. The van der Waals surface area contributed by atoms with E-state index in [1.807, 2.05) is 6.92 Å². The molecule has 12 heteroatoms. The molecular formula is C24H29ClF3N3O4S. The third-order valence-corrected chi connectivity index (χ3v) is 6.86. The van der Waals surface area contributed by atoms with E-state index in [2.05, 4.69) is 5.32 Å². The molecule has 2 aromatic rings. The zero-order valence-electron chi connectivity index (χ0n) is 20.2. The summed E-state index contributed by atoms with van der Waals surface area (Å²) in [5.74, 6) is -1.22. The molecular weight excluding hydrogens is 519 g/mol. The molecule has 0 aliphatic heterocycles. The third kappa shape index (κ3) is 8.12. The average Bonchev–Trinajstić information content (AvgIpc) is 2.80. The van der Waals surface area contributed by atoms with Crippen LogP contribution in [-0.4, -0.2) is 50.5 Å². The third-order valence-electron chi connectivity index (χ3n) is 5.41. The van der Waals surface area contributed by atoms with Crippen molar-refractivity contribution in [1.82, 2.24) is 10.2 Å². The summed E-state index contributed by atoms with van der Waals surface area (Å²) in [7, 11) is -4.23. The number of hydrogen-bond donors (Lipinski definition) is 1. The van der Waals surface area contributed by atoms with Gasteiger partial charge in [-0.25, -0.2) is 8.42 Å². The van der Waals surface area contributed by atoms with Crippen molar-refractivity contribution >= 4 is 39.1 Å². The van der Waals surface area contributed by atoms with Crippen LogP contribution in [0.4, 0.5) is 18.9 Å². The van der Waals surface area contributed by atoms with E-state index in [0.717, 1.165) is 31.2 Å². The van der Waals surface area contributed by atoms with Gasteiger partial charge in [0, 0.05) is 13.1 Å². The van der Waals surface area contributed by atoms with Crippen LogP contribution in [0.2, 0.25) is 5.02 Å². The van der Waals surface area contributed by atoms with Crippen LogP contribution in [0.1, 0.15) is 37.8 Å². The number of hydrogen-bond acceptors (Lipinski definition) is 4. The predicted molar refractivity (Wildman–Crippen MR) is 133 cm³/mol. The van der Waals surface area contributed by atoms with E-state index >= 15 is 0 Å². The van der Waals surface area contributed by atoms with E-state index in [4.69, 9.17) is 11.6 Å². The molecule has 0 bridgehead atoms. The molecule has 0 radical (unpaired) electrons. The van der Waals surface area contributed by atoms with E-state index in [9.17, 15) is 31.2 Å². The molecule has 0 spiro atoms. The van der Waals surface area contributed by atoms with E-state index < -0.39 is 51.9 Å². The van der Waals surface area contributed by atoms with Crippen LogP contribution in [0.5, 0.6) is 0 Å². The van der Waals surface area contributed by atoms with Gasteiger partial charge in [-0.2, -0.15) is 13.2 Å². The van der Waals surface area contributed by atoms with Crippen LogP contribution in [-0.2, 0) is 32.3 Å². The number of anilines is 1. The van der Waals surface area contributed by atoms with Crippen molar-refractivity contribution in [2.45, 2.75) is 45.5 Å². The van der Waals surface area contributed by atoms with Crippen molar-refractivity contribution in [2.75, 3.05) is 23.7 Å². The number of amides is 2. The lowest BCUT2D eigenvalue weighted by Crippen LogP contribution is -2.51. The summed E-state index contributed by atoms with van der Waals surface area (Å²) in [4.78, 5) is 27.3. The molecule has 0 heterocycles. The molecule has 2 aromatic carbocycles. The summed E-state index contributed by atoms with van der Waals surface area (Å²) in [6.45, 7) is 3.00. The minimum atomic E-state index is -4.75. The number of nitrogens with zero attached hydrogens (tertiary/aromatic N) is 2. The van der Waals surface area contributed by atoms with Gasteiger partial charge in [-0.3, -0.25) is 13.9 Å². The second kappa shape index (κ2) is 12.4. The lowest BCUT2D eigenvalue weighted by Gasteiger charge is -2.32.